The topological polar surface area (TPSA) is 59.2 Å². The number of carbonyl (C=O) groups is 1. The third kappa shape index (κ3) is 2.79. The molecule has 2 rings (SSSR count). The summed E-state index contributed by atoms with van der Waals surface area (Å²) in [4.78, 5) is 18.5. The van der Waals surface area contributed by atoms with Gasteiger partial charge in [0.1, 0.15) is 0 Å². The third-order valence-corrected chi connectivity index (χ3v) is 4.46. The number of nitrogen functional groups attached to an aromatic ring is 1. The van der Waals surface area contributed by atoms with E-state index in [4.69, 9.17) is 5.73 Å². The summed E-state index contributed by atoms with van der Waals surface area (Å²) in [6.45, 7) is 11.9. The van der Waals surface area contributed by atoms with Crippen LogP contribution < -0.4 is 5.73 Å². The van der Waals surface area contributed by atoms with Crippen LogP contribution in [0.2, 0.25) is 0 Å². The Hall–Kier alpha value is -1.58. The van der Waals surface area contributed by atoms with E-state index in [1.807, 2.05) is 18.7 Å². The van der Waals surface area contributed by atoms with Gasteiger partial charge >= 0.3 is 0 Å². The van der Waals surface area contributed by atoms with Gasteiger partial charge in [0.25, 0.3) is 0 Å². The fraction of sp³-hybridized carbons (Fsp3) is 0.625. The van der Waals surface area contributed by atoms with E-state index in [-0.39, 0.29) is 11.3 Å². The van der Waals surface area contributed by atoms with Crippen LogP contribution in [0, 0.1) is 25.2 Å². The molecule has 4 nitrogen and oxygen atoms in total. The number of aryl methyl sites for hydroxylation is 1. The van der Waals surface area contributed by atoms with Gasteiger partial charge in [-0.3, -0.25) is 9.78 Å². The highest BCUT2D eigenvalue weighted by atomic mass is 16.2. The minimum Gasteiger partial charge on any atom is -0.398 e. The molecule has 110 valence electrons. The van der Waals surface area contributed by atoms with Crippen molar-refractivity contribution in [3.63, 3.8) is 0 Å². The number of aromatic nitrogens is 1. The Morgan fingerprint density at radius 1 is 1.40 bits per heavy atom. The molecule has 2 heterocycles. The molecule has 1 saturated heterocycles. The van der Waals surface area contributed by atoms with Crippen molar-refractivity contribution < 1.29 is 4.79 Å². The lowest BCUT2D eigenvalue weighted by atomic mass is 9.80. The zero-order valence-electron chi connectivity index (χ0n) is 13.2. The number of amides is 1. The molecule has 1 aliphatic rings. The Bertz CT molecular complexity index is 531. The van der Waals surface area contributed by atoms with Gasteiger partial charge in [-0.2, -0.15) is 0 Å². The molecule has 4 heteroatoms. The highest BCUT2D eigenvalue weighted by Crippen LogP contribution is 2.35. The summed E-state index contributed by atoms with van der Waals surface area (Å²) in [7, 11) is 0. The van der Waals surface area contributed by atoms with Gasteiger partial charge in [0.2, 0.25) is 5.91 Å². The van der Waals surface area contributed by atoms with E-state index in [9.17, 15) is 4.79 Å². The van der Waals surface area contributed by atoms with Crippen LogP contribution in [0.3, 0.4) is 0 Å². The highest BCUT2D eigenvalue weighted by molar-refractivity contribution is 5.78. The molecular weight excluding hydrogens is 250 g/mol. The SMILES string of the molecule is Cc1cnc(CN2CC(C(C)(C)C)CC2=O)c(C)c1N. The number of anilines is 1. The number of hydrogen-bond donors (Lipinski definition) is 1. The first-order valence-corrected chi connectivity index (χ1v) is 7.18. The Morgan fingerprint density at radius 3 is 2.60 bits per heavy atom. The molecule has 0 bridgehead atoms. The minimum atomic E-state index is 0.166. The van der Waals surface area contributed by atoms with Gasteiger partial charge in [-0.1, -0.05) is 20.8 Å². The summed E-state index contributed by atoms with van der Waals surface area (Å²) in [6, 6.07) is 0. The van der Waals surface area contributed by atoms with Crippen molar-refractivity contribution in [2.24, 2.45) is 11.3 Å². The van der Waals surface area contributed by atoms with Crippen LogP contribution in [0.25, 0.3) is 0 Å². The summed E-state index contributed by atoms with van der Waals surface area (Å²) < 4.78 is 0. The van der Waals surface area contributed by atoms with Crippen LogP contribution in [-0.2, 0) is 11.3 Å². The van der Waals surface area contributed by atoms with Gasteiger partial charge in [0.05, 0.1) is 12.2 Å². The third-order valence-electron chi connectivity index (χ3n) is 4.46. The molecule has 2 N–H and O–H groups in total. The maximum atomic E-state index is 12.2. The predicted molar refractivity (Wildman–Crippen MR) is 81.1 cm³/mol. The minimum absolute atomic E-state index is 0.166. The van der Waals surface area contributed by atoms with Crippen molar-refractivity contribution in [2.45, 2.75) is 47.6 Å². The van der Waals surface area contributed by atoms with Crippen LogP contribution in [-0.4, -0.2) is 22.3 Å². The molecule has 1 fully saturated rings. The van der Waals surface area contributed by atoms with E-state index in [1.165, 1.54) is 0 Å². The molecule has 0 spiro atoms. The molecule has 0 aliphatic carbocycles. The van der Waals surface area contributed by atoms with Gasteiger partial charge < -0.3 is 10.6 Å². The molecule has 1 aromatic rings. The van der Waals surface area contributed by atoms with Crippen molar-refractivity contribution in [3.8, 4) is 0 Å². The first-order chi connectivity index (χ1) is 9.20. The van der Waals surface area contributed by atoms with Crippen LogP contribution in [0.1, 0.15) is 44.0 Å². The fourth-order valence-corrected chi connectivity index (χ4v) is 2.64. The van der Waals surface area contributed by atoms with Gasteiger partial charge in [-0.05, 0) is 36.3 Å². The van der Waals surface area contributed by atoms with Crippen molar-refractivity contribution >= 4 is 11.6 Å². The zero-order valence-corrected chi connectivity index (χ0v) is 13.2. The second-order valence-corrected chi connectivity index (χ2v) is 6.97. The fourth-order valence-electron chi connectivity index (χ4n) is 2.64. The molecule has 1 aromatic heterocycles. The smallest absolute Gasteiger partial charge is 0.223 e. The van der Waals surface area contributed by atoms with Gasteiger partial charge in [-0.25, -0.2) is 0 Å². The molecule has 1 aliphatic heterocycles. The number of hydrogen-bond acceptors (Lipinski definition) is 3. The first kappa shape index (κ1) is 14.8. The molecule has 0 saturated carbocycles. The lowest BCUT2D eigenvalue weighted by molar-refractivity contribution is -0.128. The summed E-state index contributed by atoms with van der Waals surface area (Å²) in [6.07, 6.45) is 2.43. The lowest BCUT2D eigenvalue weighted by Crippen LogP contribution is -2.28. The molecule has 1 atom stereocenters. The van der Waals surface area contributed by atoms with E-state index >= 15 is 0 Å². The highest BCUT2D eigenvalue weighted by Gasteiger charge is 2.36. The molecule has 1 unspecified atom stereocenters. The molecule has 1 amide bonds. The van der Waals surface area contributed by atoms with E-state index in [2.05, 4.69) is 25.8 Å². The maximum absolute atomic E-state index is 12.2. The van der Waals surface area contributed by atoms with Gasteiger partial charge in [0.15, 0.2) is 0 Å². The van der Waals surface area contributed by atoms with Crippen LogP contribution in [0.15, 0.2) is 6.20 Å². The number of nitrogens with zero attached hydrogens (tertiary/aromatic N) is 2. The Morgan fingerprint density at radius 2 is 2.05 bits per heavy atom. The number of likely N-dealkylation sites (tertiary alicyclic amines) is 1. The van der Waals surface area contributed by atoms with Crippen LogP contribution in [0.4, 0.5) is 5.69 Å². The monoisotopic (exact) mass is 275 g/mol. The standard InChI is InChI=1S/C16H25N3O/c1-10-7-18-13(11(2)15(10)17)9-19-8-12(6-14(19)20)16(3,4)5/h7,12H,6,8-9H2,1-5H3,(H2,17,18). The first-order valence-electron chi connectivity index (χ1n) is 7.18. The summed E-state index contributed by atoms with van der Waals surface area (Å²) in [5, 5.41) is 0. The van der Waals surface area contributed by atoms with E-state index < -0.39 is 0 Å². The van der Waals surface area contributed by atoms with Crippen molar-refractivity contribution in [1.82, 2.24) is 9.88 Å². The average molecular weight is 275 g/mol. The van der Waals surface area contributed by atoms with E-state index in [0.717, 1.165) is 29.1 Å². The van der Waals surface area contributed by atoms with Crippen molar-refractivity contribution in [3.05, 3.63) is 23.0 Å². The zero-order chi connectivity index (χ0) is 15.1. The number of rotatable bonds is 2. The Kier molecular flexibility index (Phi) is 3.76. The Labute approximate surface area is 121 Å². The Balaban J connectivity index is 2.16. The number of nitrogens with two attached hydrogens (primary N) is 1. The number of pyridine rings is 1. The predicted octanol–water partition coefficient (Wildman–Crippen LogP) is 2.68. The van der Waals surface area contributed by atoms with Crippen molar-refractivity contribution in [2.75, 3.05) is 12.3 Å². The second-order valence-electron chi connectivity index (χ2n) is 6.97. The maximum Gasteiger partial charge on any atom is 0.223 e. The molecule has 0 radical (unpaired) electrons. The largest absolute Gasteiger partial charge is 0.398 e. The molecule has 20 heavy (non-hydrogen) atoms. The van der Waals surface area contributed by atoms with Crippen LogP contribution in [0.5, 0.6) is 0 Å². The van der Waals surface area contributed by atoms with E-state index in [1.54, 1.807) is 6.20 Å². The second kappa shape index (κ2) is 5.08. The van der Waals surface area contributed by atoms with Gasteiger partial charge in [0, 0.05) is 24.8 Å². The van der Waals surface area contributed by atoms with E-state index in [0.29, 0.717) is 18.9 Å². The van der Waals surface area contributed by atoms with Crippen LogP contribution >= 0.6 is 0 Å². The molecule has 0 aromatic carbocycles. The lowest BCUT2D eigenvalue weighted by Gasteiger charge is -2.26. The average Bonchev–Trinajstić information content (AvgIpc) is 2.72. The van der Waals surface area contributed by atoms with Crippen molar-refractivity contribution in [1.29, 1.82) is 0 Å². The molecular formula is C16H25N3O. The summed E-state index contributed by atoms with van der Waals surface area (Å²) in [5.41, 5.74) is 9.90. The van der Waals surface area contributed by atoms with Gasteiger partial charge in [-0.15, -0.1) is 0 Å². The number of carbonyl (C=O) groups excluding carboxylic acids is 1. The quantitative estimate of drug-likeness (QED) is 0.902. The normalized spacial score (nSPS) is 19.8. The summed E-state index contributed by atoms with van der Waals surface area (Å²) in [5.74, 6) is 0.642. The summed E-state index contributed by atoms with van der Waals surface area (Å²) >= 11 is 0.